The predicted molar refractivity (Wildman–Crippen MR) is 152 cm³/mol. The lowest BCUT2D eigenvalue weighted by atomic mass is 10.1. The van der Waals surface area contributed by atoms with Gasteiger partial charge in [-0.05, 0) is 63.4 Å². The van der Waals surface area contributed by atoms with Gasteiger partial charge < -0.3 is 10.2 Å². The van der Waals surface area contributed by atoms with Crippen LogP contribution in [0.2, 0.25) is 0 Å². The molecule has 3 rings (SSSR count). The summed E-state index contributed by atoms with van der Waals surface area (Å²) in [4.78, 5) is 28.3. The van der Waals surface area contributed by atoms with E-state index in [1.807, 2.05) is 71.0 Å². The van der Waals surface area contributed by atoms with Crippen LogP contribution in [0, 0.1) is 27.7 Å². The summed E-state index contributed by atoms with van der Waals surface area (Å²) in [6.45, 7) is 9.18. The highest BCUT2D eigenvalue weighted by atomic mass is 32.2. The maximum Gasteiger partial charge on any atom is 0.264 e. The van der Waals surface area contributed by atoms with Crippen LogP contribution < -0.4 is 9.62 Å². The van der Waals surface area contributed by atoms with Crippen LogP contribution in [0.1, 0.15) is 41.2 Å². The summed E-state index contributed by atoms with van der Waals surface area (Å²) in [5.74, 6) is -0.760. The first-order valence-electron chi connectivity index (χ1n) is 12.7. The van der Waals surface area contributed by atoms with Gasteiger partial charge in [0, 0.05) is 13.6 Å². The zero-order valence-electron chi connectivity index (χ0n) is 23.0. The number of sulfonamides is 1. The molecule has 1 N–H and O–H groups in total. The number of likely N-dealkylation sites (N-methyl/N-ethyl adjacent to an activating group) is 1. The first-order valence-corrected chi connectivity index (χ1v) is 14.1. The molecule has 0 aromatic heterocycles. The molecule has 3 aromatic rings. The molecule has 0 aliphatic rings. The van der Waals surface area contributed by atoms with Crippen LogP contribution in [0.15, 0.2) is 71.6 Å². The third kappa shape index (κ3) is 6.61. The Morgan fingerprint density at radius 2 is 1.39 bits per heavy atom. The average molecular weight is 536 g/mol. The maximum absolute atomic E-state index is 14.0. The number of rotatable bonds is 10. The van der Waals surface area contributed by atoms with E-state index in [-0.39, 0.29) is 17.3 Å². The van der Waals surface area contributed by atoms with Gasteiger partial charge in [0.1, 0.15) is 12.6 Å². The van der Waals surface area contributed by atoms with Crippen molar-refractivity contribution in [3.8, 4) is 0 Å². The third-order valence-electron chi connectivity index (χ3n) is 6.61. The second kappa shape index (κ2) is 12.3. The van der Waals surface area contributed by atoms with Crippen molar-refractivity contribution >= 4 is 27.5 Å². The Balaban J connectivity index is 2.09. The normalized spacial score (nSPS) is 12.1. The van der Waals surface area contributed by atoms with Crippen LogP contribution in [-0.2, 0) is 26.2 Å². The SMILES string of the molecule is CC[C@H](C(=O)NC)N(Cc1ccc(C)cc1)C(=O)CN(c1ccc(C)cc1C)S(=O)(=O)c1ccc(C)cc1. The molecule has 38 heavy (non-hydrogen) atoms. The molecule has 0 aliphatic carbocycles. The number of carbonyl (C=O) groups excluding carboxylic acids is 2. The zero-order chi connectivity index (χ0) is 28.0. The Morgan fingerprint density at radius 3 is 1.92 bits per heavy atom. The monoisotopic (exact) mass is 535 g/mol. The molecule has 0 radical (unpaired) electrons. The molecule has 0 spiro atoms. The fourth-order valence-electron chi connectivity index (χ4n) is 4.41. The molecular weight excluding hydrogens is 498 g/mol. The second-order valence-corrected chi connectivity index (χ2v) is 11.5. The Kier molecular flexibility index (Phi) is 9.33. The van der Waals surface area contributed by atoms with Crippen molar-refractivity contribution in [2.75, 3.05) is 17.9 Å². The molecule has 0 bridgehead atoms. The maximum atomic E-state index is 14.0. The van der Waals surface area contributed by atoms with E-state index >= 15 is 0 Å². The van der Waals surface area contributed by atoms with Crippen LogP contribution in [0.3, 0.4) is 0 Å². The molecule has 8 heteroatoms. The Bertz CT molecular complexity index is 1380. The molecular formula is C30H37N3O4S. The van der Waals surface area contributed by atoms with Crippen LogP contribution in [0.25, 0.3) is 0 Å². The molecule has 0 heterocycles. The Labute approximate surface area is 226 Å². The number of hydrogen-bond donors (Lipinski definition) is 1. The van der Waals surface area contributed by atoms with Gasteiger partial charge in [-0.15, -0.1) is 0 Å². The van der Waals surface area contributed by atoms with Gasteiger partial charge in [-0.3, -0.25) is 13.9 Å². The number of benzene rings is 3. The van der Waals surface area contributed by atoms with Crippen molar-refractivity contribution in [2.45, 2.75) is 58.5 Å². The van der Waals surface area contributed by atoms with E-state index in [0.717, 1.165) is 32.1 Å². The minimum absolute atomic E-state index is 0.0966. The third-order valence-corrected chi connectivity index (χ3v) is 8.39. The molecule has 202 valence electrons. The lowest BCUT2D eigenvalue weighted by Gasteiger charge is -2.33. The Hall–Kier alpha value is -3.65. The van der Waals surface area contributed by atoms with E-state index in [2.05, 4.69) is 5.32 Å². The number of carbonyl (C=O) groups is 2. The van der Waals surface area contributed by atoms with Crippen LogP contribution in [-0.4, -0.2) is 44.8 Å². The zero-order valence-corrected chi connectivity index (χ0v) is 23.8. The molecule has 0 fully saturated rings. The number of aryl methyl sites for hydroxylation is 4. The minimum atomic E-state index is -4.09. The highest BCUT2D eigenvalue weighted by molar-refractivity contribution is 7.92. The number of hydrogen-bond acceptors (Lipinski definition) is 4. The van der Waals surface area contributed by atoms with Crippen molar-refractivity contribution in [2.24, 2.45) is 0 Å². The van der Waals surface area contributed by atoms with Gasteiger partial charge in [0.05, 0.1) is 10.6 Å². The van der Waals surface area contributed by atoms with E-state index in [4.69, 9.17) is 0 Å². The largest absolute Gasteiger partial charge is 0.357 e. The molecule has 1 atom stereocenters. The molecule has 2 amide bonds. The molecule has 0 aliphatic heterocycles. The van der Waals surface area contributed by atoms with Crippen LogP contribution in [0.4, 0.5) is 5.69 Å². The van der Waals surface area contributed by atoms with Crippen molar-refractivity contribution in [1.29, 1.82) is 0 Å². The number of nitrogens with zero attached hydrogens (tertiary/aromatic N) is 2. The molecule has 0 saturated heterocycles. The topological polar surface area (TPSA) is 86.8 Å². The summed E-state index contributed by atoms with van der Waals surface area (Å²) in [5.41, 5.74) is 5.00. The molecule has 3 aromatic carbocycles. The van der Waals surface area contributed by atoms with Gasteiger partial charge in [-0.25, -0.2) is 8.42 Å². The highest BCUT2D eigenvalue weighted by Crippen LogP contribution is 2.28. The van der Waals surface area contributed by atoms with E-state index in [1.165, 1.54) is 11.9 Å². The van der Waals surface area contributed by atoms with Gasteiger partial charge in [0.25, 0.3) is 10.0 Å². The lowest BCUT2D eigenvalue weighted by Crippen LogP contribution is -2.51. The summed E-state index contributed by atoms with van der Waals surface area (Å²) in [6, 6.07) is 19.0. The van der Waals surface area contributed by atoms with Crippen molar-refractivity contribution < 1.29 is 18.0 Å². The summed E-state index contributed by atoms with van der Waals surface area (Å²) < 4.78 is 29.0. The number of anilines is 1. The predicted octanol–water partition coefficient (Wildman–Crippen LogP) is 4.67. The van der Waals surface area contributed by atoms with Gasteiger partial charge >= 0.3 is 0 Å². The Morgan fingerprint density at radius 1 is 0.842 bits per heavy atom. The van der Waals surface area contributed by atoms with Gasteiger partial charge in [-0.2, -0.15) is 0 Å². The summed E-state index contributed by atoms with van der Waals surface area (Å²) in [7, 11) is -2.56. The number of amides is 2. The van der Waals surface area contributed by atoms with E-state index in [9.17, 15) is 18.0 Å². The van der Waals surface area contributed by atoms with Crippen LogP contribution in [0.5, 0.6) is 0 Å². The van der Waals surface area contributed by atoms with E-state index in [0.29, 0.717) is 12.1 Å². The van der Waals surface area contributed by atoms with Crippen LogP contribution >= 0.6 is 0 Å². The minimum Gasteiger partial charge on any atom is -0.357 e. The standard InChI is InChI=1S/C30H37N3O4S/c1-7-27(30(35)31-6)32(19-25-13-8-21(2)9-14-25)29(34)20-33(28-17-12-23(4)18-24(28)5)38(36,37)26-15-10-22(3)11-16-26/h8-18,27H,7,19-20H2,1-6H3,(H,31,35)/t27-/m1/s1. The van der Waals surface area contributed by atoms with Crippen molar-refractivity contribution in [3.63, 3.8) is 0 Å². The first-order chi connectivity index (χ1) is 18.0. The molecule has 7 nitrogen and oxygen atoms in total. The summed E-state index contributed by atoms with van der Waals surface area (Å²) in [6.07, 6.45) is 0.381. The molecule has 0 unspecified atom stereocenters. The number of nitrogens with one attached hydrogen (secondary N) is 1. The average Bonchev–Trinajstić information content (AvgIpc) is 2.88. The molecule has 0 saturated carbocycles. The summed E-state index contributed by atoms with van der Waals surface area (Å²) >= 11 is 0. The highest BCUT2D eigenvalue weighted by Gasteiger charge is 2.33. The van der Waals surface area contributed by atoms with Gasteiger partial charge in [0.2, 0.25) is 11.8 Å². The quantitative estimate of drug-likeness (QED) is 0.409. The fraction of sp³-hybridized carbons (Fsp3) is 0.333. The summed E-state index contributed by atoms with van der Waals surface area (Å²) in [5, 5.41) is 2.64. The first kappa shape index (κ1) is 28.9. The lowest BCUT2D eigenvalue weighted by molar-refractivity contribution is -0.140. The smallest absolute Gasteiger partial charge is 0.264 e. The van der Waals surface area contributed by atoms with Gasteiger partial charge in [-0.1, -0.05) is 72.1 Å². The van der Waals surface area contributed by atoms with E-state index in [1.54, 1.807) is 30.3 Å². The van der Waals surface area contributed by atoms with E-state index < -0.39 is 28.5 Å². The second-order valence-electron chi connectivity index (χ2n) is 9.66. The van der Waals surface area contributed by atoms with Crippen molar-refractivity contribution in [1.82, 2.24) is 10.2 Å². The van der Waals surface area contributed by atoms with Gasteiger partial charge in [0.15, 0.2) is 0 Å². The van der Waals surface area contributed by atoms with Crippen molar-refractivity contribution in [3.05, 3.63) is 94.5 Å². The fourth-order valence-corrected chi connectivity index (χ4v) is 5.89.